The topological polar surface area (TPSA) is 66.9 Å². The number of hydrogen-bond acceptors (Lipinski definition) is 4. The first-order valence-corrected chi connectivity index (χ1v) is 9.42. The van der Waals surface area contributed by atoms with Gasteiger partial charge in [0.1, 0.15) is 6.73 Å². The standard InChI is InChI=1S/C20H22N2O4/c1-26-11-21-16-10-12(6-7-15(16)20(8-9-20)19(21)25)22-17(23)13-4-2-3-5-14(13)18(22)24/h6-7,10,13-14H,2-5,8-9,11H2,1H3. The second-order valence-corrected chi connectivity index (χ2v) is 7.94. The molecule has 5 rings (SSSR count). The van der Waals surface area contributed by atoms with Crippen LogP contribution in [0, 0.1) is 11.8 Å². The van der Waals surface area contributed by atoms with Gasteiger partial charge in [-0.1, -0.05) is 18.9 Å². The summed E-state index contributed by atoms with van der Waals surface area (Å²) < 4.78 is 5.22. The van der Waals surface area contributed by atoms with E-state index in [4.69, 9.17) is 4.74 Å². The molecule has 3 fully saturated rings. The normalized spacial score (nSPS) is 28.7. The number of anilines is 2. The Bertz CT molecular complexity index is 805. The Morgan fingerprint density at radius 3 is 2.31 bits per heavy atom. The summed E-state index contributed by atoms with van der Waals surface area (Å²) >= 11 is 0. The summed E-state index contributed by atoms with van der Waals surface area (Å²) in [7, 11) is 1.56. The maximum absolute atomic E-state index is 12.9. The summed E-state index contributed by atoms with van der Waals surface area (Å²) in [6.45, 7) is 0.185. The zero-order valence-electron chi connectivity index (χ0n) is 14.9. The predicted molar refractivity (Wildman–Crippen MR) is 94.7 cm³/mol. The molecular formula is C20H22N2O4. The van der Waals surface area contributed by atoms with Crippen molar-refractivity contribution in [1.29, 1.82) is 0 Å². The predicted octanol–water partition coefficient (Wildman–Crippen LogP) is 2.35. The van der Waals surface area contributed by atoms with Crippen LogP contribution in [0.25, 0.3) is 0 Å². The van der Waals surface area contributed by atoms with Crippen molar-refractivity contribution in [3.8, 4) is 0 Å². The zero-order chi connectivity index (χ0) is 18.1. The molecule has 0 bridgehead atoms. The van der Waals surface area contributed by atoms with Crippen molar-refractivity contribution < 1.29 is 19.1 Å². The van der Waals surface area contributed by atoms with E-state index in [1.807, 2.05) is 18.2 Å². The van der Waals surface area contributed by atoms with E-state index < -0.39 is 5.41 Å². The van der Waals surface area contributed by atoms with Crippen LogP contribution in [0.2, 0.25) is 0 Å². The van der Waals surface area contributed by atoms with E-state index in [0.717, 1.165) is 49.8 Å². The number of carbonyl (C=O) groups excluding carboxylic acids is 3. The van der Waals surface area contributed by atoms with Crippen molar-refractivity contribution in [3.63, 3.8) is 0 Å². The first kappa shape index (κ1) is 16.0. The lowest BCUT2D eigenvalue weighted by atomic mass is 9.81. The number of methoxy groups -OCH3 is 1. The van der Waals surface area contributed by atoms with Gasteiger partial charge in [0.25, 0.3) is 0 Å². The van der Waals surface area contributed by atoms with E-state index in [-0.39, 0.29) is 36.3 Å². The third-order valence-electron chi connectivity index (χ3n) is 6.55. The minimum Gasteiger partial charge on any atom is -0.364 e. The zero-order valence-corrected chi connectivity index (χ0v) is 14.9. The van der Waals surface area contributed by atoms with Crippen LogP contribution in [-0.4, -0.2) is 31.6 Å². The van der Waals surface area contributed by atoms with Gasteiger partial charge in [-0.15, -0.1) is 0 Å². The van der Waals surface area contributed by atoms with Crippen molar-refractivity contribution >= 4 is 29.1 Å². The smallest absolute Gasteiger partial charge is 0.239 e. The quantitative estimate of drug-likeness (QED) is 0.782. The number of carbonyl (C=O) groups is 3. The molecule has 2 aliphatic heterocycles. The lowest BCUT2D eigenvalue weighted by Crippen LogP contribution is -2.33. The molecule has 3 amide bonds. The van der Waals surface area contributed by atoms with Gasteiger partial charge in [-0.3, -0.25) is 19.3 Å². The van der Waals surface area contributed by atoms with Gasteiger partial charge in [0.2, 0.25) is 17.7 Å². The van der Waals surface area contributed by atoms with E-state index in [2.05, 4.69) is 0 Å². The Hall–Kier alpha value is -2.21. The highest BCUT2D eigenvalue weighted by Crippen LogP contribution is 2.58. The third kappa shape index (κ3) is 1.93. The number of hydrogen-bond donors (Lipinski definition) is 0. The largest absolute Gasteiger partial charge is 0.364 e. The molecule has 6 heteroatoms. The number of amides is 3. The number of fused-ring (bicyclic) bond motifs is 3. The van der Waals surface area contributed by atoms with Crippen LogP contribution in [-0.2, 0) is 24.5 Å². The Balaban J connectivity index is 1.55. The second-order valence-electron chi connectivity index (χ2n) is 7.94. The molecule has 2 saturated carbocycles. The molecule has 4 aliphatic rings. The minimum atomic E-state index is -0.403. The van der Waals surface area contributed by atoms with Gasteiger partial charge in [0, 0.05) is 7.11 Å². The Morgan fingerprint density at radius 1 is 1.08 bits per heavy atom. The highest BCUT2D eigenvalue weighted by Gasteiger charge is 2.59. The summed E-state index contributed by atoms with van der Waals surface area (Å²) in [4.78, 5) is 41.5. The van der Waals surface area contributed by atoms with Crippen molar-refractivity contribution in [3.05, 3.63) is 23.8 Å². The lowest BCUT2D eigenvalue weighted by molar-refractivity contribution is -0.123. The van der Waals surface area contributed by atoms with Gasteiger partial charge >= 0.3 is 0 Å². The molecule has 2 aliphatic carbocycles. The summed E-state index contributed by atoms with van der Waals surface area (Å²) in [5.41, 5.74) is 1.96. The summed E-state index contributed by atoms with van der Waals surface area (Å²) in [5, 5.41) is 0. The summed E-state index contributed by atoms with van der Waals surface area (Å²) in [6.07, 6.45) is 5.32. The Morgan fingerprint density at radius 2 is 1.73 bits per heavy atom. The molecule has 0 radical (unpaired) electrons. The van der Waals surface area contributed by atoms with Gasteiger partial charge in [-0.2, -0.15) is 0 Å². The third-order valence-corrected chi connectivity index (χ3v) is 6.55. The Labute approximate surface area is 152 Å². The number of rotatable bonds is 3. The molecule has 1 aromatic rings. The molecule has 2 heterocycles. The summed E-state index contributed by atoms with van der Waals surface area (Å²) in [6, 6.07) is 5.58. The minimum absolute atomic E-state index is 0.0687. The van der Waals surface area contributed by atoms with E-state index in [9.17, 15) is 14.4 Å². The van der Waals surface area contributed by atoms with E-state index in [0.29, 0.717) is 5.69 Å². The fourth-order valence-corrected chi connectivity index (χ4v) is 5.05. The molecule has 2 atom stereocenters. The molecule has 0 aromatic heterocycles. The molecule has 1 saturated heterocycles. The lowest BCUT2D eigenvalue weighted by Gasteiger charge is -2.19. The van der Waals surface area contributed by atoms with Crippen molar-refractivity contribution in [2.75, 3.05) is 23.6 Å². The van der Waals surface area contributed by atoms with Crippen molar-refractivity contribution in [2.24, 2.45) is 11.8 Å². The highest BCUT2D eigenvalue weighted by atomic mass is 16.5. The first-order valence-electron chi connectivity index (χ1n) is 9.42. The van der Waals surface area contributed by atoms with Gasteiger partial charge < -0.3 is 4.74 Å². The van der Waals surface area contributed by atoms with Crippen LogP contribution >= 0.6 is 0 Å². The summed E-state index contributed by atoms with van der Waals surface area (Å²) in [5.74, 6) is -0.432. The fourth-order valence-electron chi connectivity index (χ4n) is 5.05. The number of nitrogens with zero attached hydrogens (tertiary/aromatic N) is 2. The van der Waals surface area contributed by atoms with Crippen LogP contribution in [0.1, 0.15) is 44.1 Å². The molecule has 1 spiro atoms. The Kier molecular flexibility index (Phi) is 3.32. The van der Waals surface area contributed by atoms with E-state index in [1.165, 1.54) is 4.90 Å². The van der Waals surface area contributed by atoms with Gasteiger partial charge in [-0.25, -0.2) is 4.90 Å². The van der Waals surface area contributed by atoms with Crippen LogP contribution in [0.3, 0.4) is 0 Å². The molecule has 136 valence electrons. The monoisotopic (exact) mass is 354 g/mol. The molecular weight excluding hydrogens is 332 g/mol. The maximum atomic E-state index is 12.9. The number of ether oxygens (including phenoxy) is 1. The van der Waals surface area contributed by atoms with Crippen LogP contribution in [0.4, 0.5) is 11.4 Å². The average Bonchev–Trinajstić information content (AvgIpc) is 3.38. The van der Waals surface area contributed by atoms with E-state index >= 15 is 0 Å². The van der Waals surface area contributed by atoms with Crippen molar-refractivity contribution in [1.82, 2.24) is 0 Å². The average molecular weight is 354 g/mol. The second kappa shape index (κ2) is 5.39. The van der Waals surface area contributed by atoms with Gasteiger partial charge in [0.05, 0.1) is 28.6 Å². The molecule has 2 unspecified atom stereocenters. The van der Waals surface area contributed by atoms with Crippen LogP contribution in [0.15, 0.2) is 18.2 Å². The van der Waals surface area contributed by atoms with Crippen LogP contribution in [0.5, 0.6) is 0 Å². The molecule has 0 N–H and O–H groups in total. The van der Waals surface area contributed by atoms with Crippen molar-refractivity contribution in [2.45, 2.75) is 43.9 Å². The number of benzene rings is 1. The first-order chi connectivity index (χ1) is 12.6. The van der Waals surface area contributed by atoms with Gasteiger partial charge in [-0.05, 0) is 43.4 Å². The molecule has 26 heavy (non-hydrogen) atoms. The number of imide groups is 1. The van der Waals surface area contributed by atoms with Crippen LogP contribution < -0.4 is 9.80 Å². The highest BCUT2D eigenvalue weighted by molar-refractivity contribution is 6.22. The fraction of sp³-hybridized carbons (Fsp3) is 0.550. The SMILES string of the molecule is COCN1C(=O)C2(CC2)c2ccc(N3C(=O)C4CCCCC4C3=O)cc21. The maximum Gasteiger partial charge on any atom is 0.239 e. The molecule has 6 nitrogen and oxygen atoms in total. The van der Waals surface area contributed by atoms with Gasteiger partial charge in [0.15, 0.2) is 0 Å². The molecule has 1 aromatic carbocycles. The van der Waals surface area contributed by atoms with E-state index in [1.54, 1.807) is 12.0 Å².